The van der Waals surface area contributed by atoms with Gasteiger partial charge in [-0.1, -0.05) is 0 Å². The van der Waals surface area contributed by atoms with Crippen LogP contribution < -0.4 is 0 Å². The highest BCUT2D eigenvalue weighted by Gasteiger charge is 2.50. The Balaban J connectivity index is 2.17. The Bertz CT molecular complexity index is 530. The summed E-state index contributed by atoms with van der Waals surface area (Å²) in [4.78, 5) is 13.8. The molecule has 2 aliphatic heterocycles. The van der Waals surface area contributed by atoms with Crippen molar-refractivity contribution in [3.63, 3.8) is 0 Å². The molecule has 128 valence electrons. The van der Waals surface area contributed by atoms with Gasteiger partial charge < -0.3 is 4.74 Å². The van der Waals surface area contributed by atoms with Gasteiger partial charge in [0, 0.05) is 6.04 Å². The van der Waals surface area contributed by atoms with Gasteiger partial charge >= 0.3 is 6.09 Å². The first kappa shape index (κ1) is 17.5. The molecule has 2 rings (SSSR count). The fraction of sp³-hybridized carbons (Fsp3) is 0.929. The molecule has 0 N–H and O–H groups in total. The molecule has 0 aromatic heterocycles. The largest absolute Gasteiger partial charge is 0.444 e. The number of fused-ring (bicyclic) bond motifs is 2. The molecule has 4 atom stereocenters. The minimum atomic E-state index is -3.73. The predicted molar refractivity (Wildman–Crippen MR) is 78.7 cm³/mol. The Morgan fingerprint density at radius 2 is 1.91 bits per heavy atom. The van der Waals surface area contributed by atoms with Gasteiger partial charge in [-0.15, -0.1) is 0 Å². The second-order valence-electron chi connectivity index (χ2n) is 7.06. The summed E-state index contributed by atoms with van der Waals surface area (Å²) in [5.74, 6) is 0. The average molecular weight is 337 g/mol. The molecule has 6 nitrogen and oxygen atoms in total. The van der Waals surface area contributed by atoms with E-state index in [4.69, 9.17) is 8.92 Å². The summed E-state index contributed by atoms with van der Waals surface area (Å²) >= 11 is 0. The molecule has 0 spiro atoms. The molecule has 0 saturated carbocycles. The maximum atomic E-state index is 14.7. The number of alkyl halides is 1. The van der Waals surface area contributed by atoms with Gasteiger partial charge in [0.05, 0.1) is 12.3 Å². The van der Waals surface area contributed by atoms with Crippen LogP contribution in [0.15, 0.2) is 0 Å². The number of hydrogen-bond donors (Lipinski definition) is 0. The van der Waals surface area contributed by atoms with Crippen LogP contribution in [0, 0.1) is 0 Å². The first-order valence-electron chi connectivity index (χ1n) is 7.51. The van der Waals surface area contributed by atoms with E-state index in [0.29, 0.717) is 12.8 Å². The quantitative estimate of drug-likeness (QED) is 0.723. The lowest BCUT2D eigenvalue weighted by atomic mass is 9.82. The van der Waals surface area contributed by atoms with E-state index in [-0.39, 0.29) is 12.5 Å². The zero-order valence-corrected chi connectivity index (χ0v) is 14.2. The summed E-state index contributed by atoms with van der Waals surface area (Å²) in [7, 11) is -3.73. The van der Waals surface area contributed by atoms with Gasteiger partial charge in [0.1, 0.15) is 17.9 Å². The number of piperidine rings is 2. The van der Waals surface area contributed by atoms with Crippen molar-refractivity contribution in [3.8, 4) is 0 Å². The Labute approximate surface area is 131 Å². The zero-order valence-electron chi connectivity index (χ0n) is 13.4. The summed E-state index contributed by atoms with van der Waals surface area (Å²) in [6.45, 7) is 5.27. The molecule has 8 heteroatoms. The fourth-order valence-electron chi connectivity index (χ4n) is 3.22. The minimum Gasteiger partial charge on any atom is -0.444 e. The molecular formula is C14H24FNO5S. The molecule has 2 bridgehead atoms. The number of carbonyl (C=O) groups is 1. The van der Waals surface area contributed by atoms with Crippen LogP contribution in [0.5, 0.6) is 0 Å². The normalized spacial score (nSPS) is 32.7. The maximum Gasteiger partial charge on any atom is 0.410 e. The van der Waals surface area contributed by atoms with Crippen LogP contribution in [0.25, 0.3) is 0 Å². The van der Waals surface area contributed by atoms with Gasteiger partial charge in [-0.2, -0.15) is 8.42 Å². The summed E-state index contributed by atoms with van der Waals surface area (Å²) in [6, 6.07) is -0.929. The van der Waals surface area contributed by atoms with Crippen molar-refractivity contribution in [2.75, 3.05) is 6.26 Å². The first-order chi connectivity index (χ1) is 9.98. The monoisotopic (exact) mass is 337 g/mol. The van der Waals surface area contributed by atoms with Crippen LogP contribution in [0.4, 0.5) is 9.18 Å². The van der Waals surface area contributed by atoms with Crippen molar-refractivity contribution >= 4 is 16.2 Å². The second kappa shape index (κ2) is 5.96. The fourth-order valence-corrected chi connectivity index (χ4v) is 3.85. The second-order valence-corrected chi connectivity index (χ2v) is 8.66. The highest BCUT2D eigenvalue weighted by Crippen LogP contribution is 2.38. The van der Waals surface area contributed by atoms with E-state index in [1.54, 1.807) is 20.8 Å². The van der Waals surface area contributed by atoms with E-state index >= 15 is 0 Å². The van der Waals surface area contributed by atoms with Crippen LogP contribution in [0.3, 0.4) is 0 Å². The van der Waals surface area contributed by atoms with E-state index in [1.807, 2.05) is 0 Å². The molecule has 1 amide bonds. The molecule has 2 aliphatic rings. The SMILES string of the molecule is CC(C)(C)OC(=O)N1[C@@H]2CCC[C@H]1[C@H](F)[C@H](OS(C)(=O)=O)C2. The lowest BCUT2D eigenvalue weighted by Gasteiger charge is -2.49. The van der Waals surface area contributed by atoms with Crippen molar-refractivity contribution in [1.29, 1.82) is 0 Å². The van der Waals surface area contributed by atoms with Crippen LogP contribution in [-0.4, -0.2) is 55.6 Å². The van der Waals surface area contributed by atoms with Gasteiger partial charge in [-0.05, 0) is 46.5 Å². The lowest BCUT2D eigenvalue weighted by Crippen LogP contribution is -2.62. The molecule has 2 saturated heterocycles. The molecular weight excluding hydrogens is 313 g/mol. The van der Waals surface area contributed by atoms with E-state index in [9.17, 15) is 17.6 Å². The van der Waals surface area contributed by atoms with Crippen LogP contribution >= 0.6 is 0 Å². The van der Waals surface area contributed by atoms with Crippen molar-refractivity contribution in [2.24, 2.45) is 0 Å². The van der Waals surface area contributed by atoms with Crippen LogP contribution in [0.1, 0.15) is 46.5 Å². The molecule has 2 heterocycles. The number of ether oxygens (including phenoxy) is 1. The number of nitrogens with zero attached hydrogens (tertiary/aromatic N) is 1. The molecule has 0 aromatic carbocycles. The highest BCUT2D eigenvalue weighted by atomic mass is 32.2. The zero-order chi connectivity index (χ0) is 16.7. The van der Waals surface area contributed by atoms with Crippen molar-refractivity contribution in [1.82, 2.24) is 4.90 Å². The lowest BCUT2D eigenvalue weighted by molar-refractivity contribution is -0.0775. The van der Waals surface area contributed by atoms with Crippen molar-refractivity contribution < 1.29 is 26.5 Å². The molecule has 0 aromatic rings. The highest BCUT2D eigenvalue weighted by molar-refractivity contribution is 7.86. The summed E-state index contributed by atoms with van der Waals surface area (Å²) < 4.78 is 47.4. The Hall–Kier alpha value is -0.890. The Kier molecular flexibility index (Phi) is 4.73. The van der Waals surface area contributed by atoms with Crippen LogP contribution in [0.2, 0.25) is 0 Å². The van der Waals surface area contributed by atoms with E-state index in [1.165, 1.54) is 4.90 Å². The molecule has 0 radical (unpaired) electrons. The maximum absolute atomic E-state index is 14.7. The number of rotatable bonds is 2. The minimum absolute atomic E-state index is 0.171. The van der Waals surface area contributed by atoms with Gasteiger partial charge in [-0.3, -0.25) is 9.08 Å². The third-order valence-corrected chi connectivity index (χ3v) is 4.51. The summed E-state index contributed by atoms with van der Waals surface area (Å²) in [6.07, 6.45) is -0.0158. The smallest absolute Gasteiger partial charge is 0.410 e. The molecule has 0 aliphatic carbocycles. The summed E-state index contributed by atoms with van der Waals surface area (Å²) in [5, 5.41) is 0. The number of amides is 1. The Morgan fingerprint density at radius 1 is 1.27 bits per heavy atom. The average Bonchev–Trinajstić information content (AvgIpc) is 2.31. The van der Waals surface area contributed by atoms with Gasteiger partial charge in [0.15, 0.2) is 0 Å². The topological polar surface area (TPSA) is 72.9 Å². The van der Waals surface area contributed by atoms with Gasteiger partial charge in [0.2, 0.25) is 0 Å². The van der Waals surface area contributed by atoms with E-state index in [0.717, 1.165) is 12.7 Å². The third-order valence-electron chi connectivity index (χ3n) is 3.92. The predicted octanol–water partition coefficient (Wildman–Crippen LogP) is 2.23. The number of halogens is 1. The van der Waals surface area contributed by atoms with Gasteiger partial charge in [0.25, 0.3) is 10.1 Å². The number of carbonyl (C=O) groups excluding carboxylic acids is 1. The van der Waals surface area contributed by atoms with Crippen molar-refractivity contribution in [3.05, 3.63) is 0 Å². The number of hydrogen-bond acceptors (Lipinski definition) is 5. The molecule has 22 heavy (non-hydrogen) atoms. The van der Waals surface area contributed by atoms with Crippen molar-refractivity contribution in [2.45, 2.75) is 76.4 Å². The Morgan fingerprint density at radius 3 is 2.45 bits per heavy atom. The molecule has 2 fully saturated rings. The third kappa shape index (κ3) is 4.10. The van der Waals surface area contributed by atoms with Gasteiger partial charge in [-0.25, -0.2) is 9.18 Å². The van der Waals surface area contributed by atoms with E-state index in [2.05, 4.69) is 0 Å². The summed E-state index contributed by atoms with van der Waals surface area (Å²) in [5.41, 5.74) is -0.655. The standard InChI is InChI=1S/C14H24FNO5S/c1-14(2,3)20-13(17)16-9-6-5-7-10(16)12(15)11(8-9)21-22(4,18)19/h9-12H,5-8H2,1-4H3/t9-,10+,11-,12+/m1/s1. The van der Waals surface area contributed by atoms with Crippen LogP contribution in [-0.2, 0) is 19.0 Å². The van der Waals surface area contributed by atoms with E-state index < -0.39 is 40.1 Å². The molecule has 0 unspecified atom stereocenters. The first-order valence-corrected chi connectivity index (χ1v) is 9.33.